The van der Waals surface area contributed by atoms with Crippen molar-refractivity contribution in [2.24, 2.45) is 0 Å². The van der Waals surface area contributed by atoms with Crippen LogP contribution in [-0.4, -0.2) is 28.2 Å². The molecule has 1 heterocycles. The topological polar surface area (TPSA) is 95.9 Å². The Labute approximate surface area is 57.0 Å². The Hall–Kier alpha value is -0.950. The lowest BCUT2D eigenvalue weighted by atomic mass is 10.7. The van der Waals surface area contributed by atoms with Crippen LogP contribution in [0.4, 0.5) is 0 Å². The van der Waals surface area contributed by atoms with Crippen molar-refractivity contribution in [1.29, 1.82) is 0 Å². The first kappa shape index (κ1) is 7.16. The summed E-state index contributed by atoms with van der Waals surface area (Å²) in [5.41, 5.74) is 0. The molecule has 1 aromatic rings. The largest absolute Gasteiger partial charge is 0.331 e. The van der Waals surface area contributed by atoms with Crippen molar-refractivity contribution in [3.63, 3.8) is 0 Å². The number of aromatic nitrogens is 3. The molecule has 0 radical (unpaired) electrons. The third-order valence-corrected chi connectivity index (χ3v) is 1.42. The molecule has 10 heavy (non-hydrogen) atoms. The third-order valence-electron chi connectivity index (χ3n) is 0.786. The van der Waals surface area contributed by atoms with Crippen LogP contribution in [-0.2, 0) is 15.9 Å². The van der Waals surface area contributed by atoms with Gasteiger partial charge < -0.3 is 4.98 Å². The van der Waals surface area contributed by atoms with Gasteiger partial charge in [-0.1, -0.05) is 0 Å². The zero-order valence-electron chi connectivity index (χ0n) is 4.85. The minimum atomic E-state index is -3.98. The highest BCUT2D eigenvalue weighted by Crippen LogP contribution is 1.93. The van der Waals surface area contributed by atoms with Gasteiger partial charge in [-0.3, -0.25) is 4.55 Å². The number of H-pyrrole nitrogens is 1. The summed E-state index contributed by atoms with van der Waals surface area (Å²) in [7, 11) is -3.98. The molecule has 0 amide bonds. The van der Waals surface area contributed by atoms with E-state index < -0.39 is 15.9 Å². The van der Waals surface area contributed by atoms with Gasteiger partial charge in [0.25, 0.3) is 10.1 Å². The molecule has 6 nitrogen and oxygen atoms in total. The highest BCUT2D eigenvalue weighted by molar-refractivity contribution is 7.84. The van der Waals surface area contributed by atoms with Crippen LogP contribution in [0.2, 0.25) is 0 Å². The van der Waals surface area contributed by atoms with Crippen molar-refractivity contribution < 1.29 is 13.0 Å². The van der Waals surface area contributed by atoms with E-state index >= 15 is 0 Å². The molecule has 0 unspecified atom stereocenters. The lowest BCUT2D eigenvalue weighted by Crippen LogP contribution is -2.02. The number of nitrogens with zero attached hydrogens (tertiary/aromatic N) is 2. The monoisotopic (exact) mass is 163 g/mol. The summed E-state index contributed by atoms with van der Waals surface area (Å²) in [6.45, 7) is 0. The van der Waals surface area contributed by atoms with Crippen molar-refractivity contribution in [1.82, 2.24) is 15.2 Å². The number of hydrogen-bond donors (Lipinski definition) is 2. The Morgan fingerprint density at radius 2 is 2.40 bits per heavy atom. The maximum Gasteiger partial charge on any atom is 0.272 e. The summed E-state index contributed by atoms with van der Waals surface area (Å²) < 4.78 is 28.6. The summed E-state index contributed by atoms with van der Waals surface area (Å²) in [6.07, 6.45) is 1.24. The molecule has 0 saturated heterocycles. The van der Waals surface area contributed by atoms with Crippen LogP contribution in [0, 0.1) is 0 Å². The van der Waals surface area contributed by atoms with Gasteiger partial charge in [-0.2, -0.15) is 8.42 Å². The second-order valence-electron chi connectivity index (χ2n) is 1.66. The van der Waals surface area contributed by atoms with E-state index in [-0.39, 0.29) is 5.82 Å². The van der Waals surface area contributed by atoms with Gasteiger partial charge in [0.15, 0.2) is 0 Å². The molecule has 0 atom stereocenters. The Balaban J connectivity index is 2.75. The number of nitrogens with one attached hydrogen (secondary N) is 1. The average molecular weight is 163 g/mol. The summed E-state index contributed by atoms with van der Waals surface area (Å²) in [6, 6.07) is 0. The summed E-state index contributed by atoms with van der Waals surface area (Å²) in [5.74, 6) is -0.394. The highest BCUT2D eigenvalue weighted by atomic mass is 32.2. The normalized spacial score (nSPS) is 11.7. The molecular formula is C3H5N3O3S. The van der Waals surface area contributed by atoms with E-state index in [1.54, 1.807) is 0 Å². The fourth-order valence-electron chi connectivity index (χ4n) is 0.474. The quantitative estimate of drug-likeness (QED) is 0.556. The van der Waals surface area contributed by atoms with Crippen molar-refractivity contribution in [2.75, 3.05) is 0 Å². The van der Waals surface area contributed by atoms with E-state index in [1.165, 1.54) is 6.33 Å². The minimum absolute atomic E-state index is 0.127. The Morgan fingerprint density at radius 1 is 1.70 bits per heavy atom. The van der Waals surface area contributed by atoms with Crippen LogP contribution in [0.15, 0.2) is 6.33 Å². The van der Waals surface area contributed by atoms with Crippen LogP contribution in [0.25, 0.3) is 0 Å². The van der Waals surface area contributed by atoms with Gasteiger partial charge in [0.1, 0.15) is 17.9 Å². The summed E-state index contributed by atoms with van der Waals surface area (Å²) in [5, 5.41) is 6.68. The third kappa shape index (κ3) is 2.11. The van der Waals surface area contributed by atoms with E-state index in [9.17, 15) is 8.42 Å². The molecule has 1 rings (SSSR count). The van der Waals surface area contributed by atoms with Crippen molar-refractivity contribution >= 4 is 10.1 Å². The van der Waals surface area contributed by atoms with E-state index in [1.807, 2.05) is 0 Å². The fourth-order valence-corrected chi connectivity index (χ4v) is 0.961. The molecule has 0 bridgehead atoms. The highest BCUT2D eigenvalue weighted by Gasteiger charge is 2.07. The molecule has 0 spiro atoms. The van der Waals surface area contributed by atoms with Crippen LogP contribution in [0.5, 0.6) is 0 Å². The standard InChI is InChI=1S/C3H5N3O3S/c7-10(8,9)1-3-4-2-5-6-3/h2H,1H2,(H,4,5,6)(H,7,8,9). The Bertz CT molecular complexity index is 289. The van der Waals surface area contributed by atoms with E-state index in [0.717, 1.165) is 0 Å². The zero-order chi connectivity index (χ0) is 7.61. The maximum atomic E-state index is 10.2. The first-order valence-corrected chi connectivity index (χ1v) is 3.99. The van der Waals surface area contributed by atoms with Crippen LogP contribution in [0.1, 0.15) is 5.82 Å². The minimum Gasteiger partial charge on any atom is -0.331 e. The first-order valence-electron chi connectivity index (χ1n) is 2.38. The molecule has 0 saturated carbocycles. The Morgan fingerprint density at radius 3 is 2.80 bits per heavy atom. The van der Waals surface area contributed by atoms with Gasteiger partial charge in [-0.15, -0.1) is 10.2 Å². The summed E-state index contributed by atoms with van der Waals surface area (Å²) in [4.78, 5) is 2.43. The molecule has 2 N–H and O–H groups in total. The van der Waals surface area contributed by atoms with Gasteiger partial charge in [-0.05, 0) is 0 Å². The second-order valence-corrected chi connectivity index (χ2v) is 3.11. The SMILES string of the molecule is O=S(=O)(O)Cc1nnc[nH]1. The lowest BCUT2D eigenvalue weighted by molar-refractivity contribution is 0.481. The van der Waals surface area contributed by atoms with Gasteiger partial charge >= 0.3 is 0 Å². The molecule has 7 heteroatoms. The van der Waals surface area contributed by atoms with Crippen LogP contribution >= 0.6 is 0 Å². The van der Waals surface area contributed by atoms with Gasteiger partial charge in [-0.25, -0.2) is 0 Å². The number of aromatic amines is 1. The molecule has 0 fully saturated rings. The van der Waals surface area contributed by atoms with Crippen LogP contribution < -0.4 is 0 Å². The van der Waals surface area contributed by atoms with Gasteiger partial charge in [0.05, 0.1) is 0 Å². The molecule has 0 aliphatic heterocycles. The van der Waals surface area contributed by atoms with Crippen molar-refractivity contribution in [3.8, 4) is 0 Å². The average Bonchev–Trinajstić information content (AvgIpc) is 2.12. The van der Waals surface area contributed by atoms with Gasteiger partial charge in [0, 0.05) is 0 Å². The molecule has 0 aliphatic carbocycles. The zero-order valence-corrected chi connectivity index (χ0v) is 5.67. The predicted octanol–water partition coefficient (Wildman–Crippen LogP) is -0.808. The second kappa shape index (κ2) is 2.35. The van der Waals surface area contributed by atoms with E-state index in [4.69, 9.17) is 4.55 Å². The first-order chi connectivity index (χ1) is 4.58. The molecule has 1 aromatic heterocycles. The van der Waals surface area contributed by atoms with Crippen LogP contribution in [0.3, 0.4) is 0 Å². The van der Waals surface area contributed by atoms with Crippen molar-refractivity contribution in [3.05, 3.63) is 12.2 Å². The molecular weight excluding hydrogens is 158 g/mol. The number of hydrogen-bond acceptors (Lipinski definition) is 4. The van der Waals surface area contributed by atoms with E-state index in [2.05, 4.69) is 15.2 Å². The summed E-state index contributed by atoms with van der Waals surface area (Å²) >= 11 is 0. The molecule has 0 aromatic carbocycles. The fraction of sp³-hybridized carbons (Fsp3) is 0.333. The maximum absolute atomic E-state index is 10.2. The lowest BCUT2D eigenvalue weighted by Gasteiger charge is -1.88. The predicted molar refractivity (Wildman–Crippen MR) is 31.6 cm³/mol. The number of rotatable bonds is 2. The Kier molecular flexibility index (Phi) is 1.68. The van der Waals surface area contributed by atoms with Gasteiger partial charge in [0.2, 0.25) is 0 Å². The molecule has 56 valence electrons. The van der Waals surface area contributed by atoms with Crippen molar-refractivity contribution in [2.45, 2.75) is 5.75 Å². The smallest absolute Gasteiger partial charge is 0.272 e. The van der Waals surface area contributed by atoms with E-state index in [0.29, 0.717) is 0 Å². The molecule has 0 aliphatic rings.